The molecular weight excluding hydrogens is 208 g/mol. The number of nitrogens with zero attached hydrogens (tertiary/aromatic N) is 1. The van der Waals surface area contributed by atoms with E-state index >= 15 is 0 Å². The molecule has 0 aliphatic rings. The van der Waals surface area contributed by atoms with Gasteiger partial charge in [-0.2, -0.15) is 0 Å². The standard InChI is InChI=1S/C11H12N2O3/c1-12-10(11(14)15-2)7-3-4-8-9(5-7)16-6-13-8/h3-6,10,12H,1-2H3. The van der Waals surface area contributed by atoms with Crippen LogP contribution in [0.4, 0.5) is 0 Å². The summed E-state index contributed by atoms with van der Waals surface area (Å²) in [5, 5.41) is 2.89. The second-order valence-corrected chi connectivity index (χ2v) is 3.32. The van der Waals surface area contributed by atoms with Crippen molar-refractivity contribution in [1.82, 2.24) is 10.3 Å². The highest BCUT2D eigenvalue weighted by Crippen LogP contribution is 2.20. The predicted molar refractivity (Wildman–Crippen MR) is 57.8 cm³/mol. The lowest BCUT2D eigenvalue weighted by Gasteiger charge is -2.13. The summed E-state index contributed by atoms with van der Waals surface area (Å²) >= 11 is 0. The number of benzene rings is 1. The summed E-state index contributed by atoms with van der Waals surface area (Å²) in [6.45, 7) is 0. The van der Waals surface area contributed by atoms with Crippen molar-refractivity contribution in [1.29, 1.82) is 0 Å². The van der Waals surface area contributed by atoms with Crippen molar-refractivity contribution in [3.05, 3.63) is 30.2 Å². The zero-order valence-corrected chi connectivity index (χ0v) is 9.06. The fourth-order valence-electron chi connectivity index (χ4n) is 1.59. The molecule has 1 aromatic carbocycles. The van der Waals surface area contributed by atoms with Gasteiger partial charge in [-0.05, 0) is 24.7 Å². The van der Waals surface area contributed by atoms with E-state index in [-0.39, 0.29) is 5.97 Å². The van der Waals surface area contributed by atoms with Crippen LogP contribution in [0.5, 0.6) is 0 Å². The second kappa shape index (κ2) is 4.32. The monoisotopic (exact) mass is 220 g/mol. The Morgan fingerprint density at radius 2 is 2.38 bits per heavy atom. The average molecular weight is 220 g/mol. The van der Waals surface area contributed by atoms with Gasteiger partial charge in [0.15, 0.2) is 12.0 Å². The van der Waals surface area contributed by atoms with Crippen LogP contribution in [0.2, 0.25) is 0 Å². The fourth-order valence-corrected chi connectivity index (χ4v) is 1.59. The number of hydrogen-bond acceptors (Lipinski definition) is 5. The van der Waals surface area contributed by atoms with Crippen molar-refractivity contribution in [2.75, 3.05) is 14.2 Å². The van der Waals surface area contributed by atoms with Crippen LogP contribution >= 0.6 is 0 Å². The number of ether oxygens (including phenoxy) is 1. The Morgan fingerprint density at radius 1 is 1.56 bits per heavy atom. The molecule has 0 aliphatic heterocycles. The molecule has 5 heteroatoms. The number of carbonyl (C=O) groups is 1. The van der Waals surface area contributed by atoms with Crippen LogP contribution in [0, 0.1) is 0 Å². The first-order valence-corrected chi connectivity index (χ1v) is 4.84. The van der Waals surface area contributed by atoms with Crippen molar-refractivity contribution >= 4 is 17.1 Å². The highest BCUT2D eigenvalue weighted by molar-refractivity contribution is 5.80. The van der Waals surface area contributed by atoms with Gasteiger partial charge < -0.3 is 14.5 Å². The van der Waals surface area contributed by atoms with Crippen molar-refractivity contribution in [2.45, 2.75) is 6.04 Å². The van der Waals surface area contributed by atoms with Crippen molar-refractivity contribution < 1.29 is 13.9 Å². The van der Waals surface area contributed by atoms with E-state index in [0.717, 1.165) is 11.1 Å². The Balaban J connectivity index is 2.40. The second-order valence-electron chi connectivity index (χ2n) is 3.32. The van der Waals surface area contributed by atoms with Crippen LogP contribution in [-0.4, -0.2) is 25.1 Å². The zero-order valence-electron chi connectivity index (χ0n) is 9.06. The summed E-state index contributed by atoms with van der Waals surface area (Å²) in [4.78, 5) is 15.5. The van der Waals surface area contributed by atoms with E-state index in [1.165, 1.54) is 13.5 Å². The summed E-state index contributed by atoms with van der Waals surface area (Å²) in [5.41, 5.74) is 2.21. The lowest BCUT2D eigenvalue weighted by atomic mass is 10.1. The zero-order chi connectivity index (χ0) is 11.5. The largest absolute Gasteiger partial charge is 0.468 e. The number of likely N-dealkylation sites (N-methyl/N-ethyl adjacent to an activating group) is 1. The highest BCUT2D eigenvalue weighted by atomic mass is 16.5. The molecule has 0 bridgehead atoms. The molecule has 1 atom stereocenters. The number of esters is 1. The third kappa shape index (κ3) is 1.77. The van der Waals surface area contributed by atoms with Gasteiger partial charge in [0.1, 0.15) is 11.6 Å². The van der Waals surface area contributed by atoms with Gasteiger partial charge in [-0.3, -0.25) is 0 Å². The summed E-state index contributed by atoms with van der Waals surface area (Å²) < 4.78 is 9.88. The van der Waals surface area contributed by atoms with Gasteiger partial charge >= 0.3 is 5.97 Å². The fraction of sp³-hybridized carbons (Fsp3) is 0.273. The topological polar surface area (TPSA) is 64.4 Å². The maximum atomic E-state index is 11.5. The Bertz CT molecular complexity index is 507. The molecule has 2 aromatic rings. The summed E-state index contributed by atoms with van der Waals surface area (Å²) in [5.74, 6) is -0.332. The molecule has 0 radical (unpaired) electrons. The van der Waals surface area contributed by atoms with Crippen LogP contribution in [0.25, 0.3) is 11.1 Å². The Hall–Kier alpha value is -1.88. The van der Waals surface area contributed by atoms with Crippen LogP contribution in [0.1, 0.15) is 11.6 Å². The number of rotatable bonds is 3. The van der Waals surface area contributed by atoms with Gasteiger partial charge in [-0.1, -0.05) is 6.07 Å². The third-order valence-corrected chi connectivity index (χ3v) is 2.41. The van der Waals surface area contributed by atoms with Crippen LogP contribution < -0.4 is 5.32 Å². The molecule has 5 nitrogen and oxygen atoms in total. The number of methoxy groups -OCH3 is 1. The highest BCUT2D eigenvalue weighted by Gasteiger charge is 2.19. The minimum absolute atomic E-state index is 0.332. The van der Waals surface area contributed by atoms with Crippen molar-refractivity contribution in [2.24, 2.45) is 0 Å². The SMILES string of the molecule is CNC(C(=O)OC)c1ccc2ncoc2c1. The first-order valence-electron chi connectivity index (χ1n) is 4.84. The lowest BCUT2D eigenvalue weighted by Crippen LogP contribution is -2.26. The molecule has 16 heavy (non-hydrogen) atoms. The molecule has 0 saturated heterocycles. The number of hydrogen-bond donors (Lipinski definition) is 1. The summed E-state index contributed by atoms with van der Waals surface area (Å²) in [6.07, 6.45) is 1.38. The van der Waals surface area contributed by atoms with E-state index in [2.05, 4.69) is 10.3 Å². The van der Waals surface area contributed by atoms with Gasteiger partial charge in [0.2, 0.25) is 0 Å². The molecule has 2 rings (SSSR count). The Kier molecular flexibility index (Phi) is 2.87. The van der Waals surface area contributed by atoms with Crippen LogP contribution in [0.15, 0.2) is 29.0 Å². The molecule has 0 spiro atoms. The number of nitrogens with one attached hydrogen (secondary N) is 1. The molecule has 84 valence electrons. The molecule has 1 N–H and O–H groups in total. The normalized spacial score (nSPS) is 12.6. The maximum absolute atomic E-state index is 11.5. The van der Waals surface area contributed by atoms with E-state index in [1.54, 1.807) is 19.2 Å². The molecule has 1 unspecified atom stereocenters. The average Bonchev–Trinajstić information content (AvgIpc) is 2.77. The summed E-state index contributed by atoms with van der Waals surface area (Å²) in [6, 6.07) is 4.92. The van der Waals surface area contributed by atoms with Crippen molar-refractivity contribution in [3.8, 4) is 0 Å². The van der Waals surface area contributed by atoms with Gasteiger partial charge in [-0.25, -0.2) is 9.78 Å². The lowest BCUT2D eigenvalue weighted by molar-refractivity contribution is -0.143. The first-order chi connectivity index (χ1) is 7.76. The Labute approximate surface area is 92.4 Å². The Morgan fingerprint density at radius 3 is 3.06 bits per heavy atom. The number of aromatic nitrogens is 1. The maximum Gasteiger partial charge on any atom is 0.327 e. The number of oxazole rings is 1. The quantitative estimate of drug-likeness (QED) is 0.789. The van der Waals surface area contributed by atoms with E-state index in [1.807, 2.05) is 6.07 Å². The van der Waals surface area contributed by atoms with Gasteiger partial charge in [0.25, 0.3) is 0 Å². The van der Waals surface area contributed by atoms with Gasteiger partial charge in [0, 0.05) is 0 Å². The first kappa shape index (κ1) is 10.6. The predicted octanol–water partition coefficient (Wildman–Crippen LogP) is 1.26. The van der Waals surface area contributed by atoms with Gasteiger partial charge in [-0.15, -0.1) is 0 Å². The van der Waals surface area contributed by atoms with E-state index in [4.69, 9.17) is 9.15 Å². The minimum atomic E-state index is -0.487. The van der Waals surface area contributed by atoms with Crippen LogP contribution in [-0.2, 0) is 9.53 Å². The molecular formula is C11H12N2O3. The number of carbonyl (C=O) groups excluding carboxylic acids is 1. The van der Waals surface area contributed by atoms with E-state index < -0.39 is 6.04 Å². The molecule has 1 heterocycles. The minimum Gasteiger partial charge on any atom is -0.468 e. The van der Waals surface area contributed by atoms with E-state index in [0.29, 0.717) is 5.58 Å². The molecule has 0 saturated carbocycles. The van der Waals surface area contributed by atoms with Crippen LogP contribution in [0.3, 0.4) is 0 Å². The van der Waals surface area contributed by atoms with E-state index in [9.17, 15) is 4.79 Å². The molecule has 1 aromatic heterocycles. The van der Waals surface area contributed by atoms with Crippen molar-refractivity contribution in [3.63, 3.8) is 0 Å². The van der Waals surface area contributed by atoms with Gasteiger partial charge in [0.05, 0.1) is 7.11 Å². The number of fused-ring (bicyclic) bond motifs is 1. The molecule has 0 fully saturated rings. The summed E-state index contributed by atoms with van der Waals surface area (Å²) in [7, 11) is 3.06. The molecule has 0 amide bonds. The third-order valence-electron chi connectivity index (χ3n) is 2.41. The molecule has 0 aliphatic carbocycles. The smallest absolute Gasteiger partial charge is 0.327 e.